The van der Waals surface area contributed by atoms with Gasteiger partial charge in [0.25, 0.3) is 5.91 Å². The van der Waals surface area contributed by atoms with Crippen LogP contribution in [0, 0.1) is 0 Å². The molecule has 0 spiro atoms. The summed E-state index contributed by atoms with van der Waals surface area (Å²) in [4.78, 5) is 27.1. The van der Waals surface area contributed by atoms with E-state index < -0.39 is 0 Å². The number of likely N-dealkylation sites (tertiary alicyclic amines) is 1. The maximum atomic E-state index is 12.7. The Hall–Kier alpha value is -3.40. The van der Waals surface area contributed by atoms with Gasteiger partial charge in [-0.2, -0.15) is 0 Å². The zero-order chi connectivity index (χ0) is 20.8. The molecule has 0 bridgehead atoms. The molecule has 1 saturated heterocycles. The van der Waals surface area contributed by atoms with Crippen LogP contribution in [-0.2, 0) is 11.2 Å². The van der Waals surface area contributed by atoms with Gasteiger partial charge in [0.2, 0.25) is 5.91 Å². The minimum absolute atomic E-state index is 0.0438. The van der Waals surface area contributed by atoms with Crippen molar-refractivity contribution >= 4 is 17.5 Å². The van der Waals surface area contributed by atoms with Crippen molar-refractivity contribution in [3.63, 3.8) is 0 Å². The molecule has 3 aromatic rings. The van der Waals surface area contributed by atoms with Crippen LogP contribution in [0.3, 0.4) is 0 Å². The van der Waals surface area contributed by atoms with Gasteiger partial charge >= 0.3 is 0 Å². The molecule has 0 saturated carbocycles. The fourth-order valence-corrected chi connectivity index (χ4v) is 3.85. The van der Waals surface area contributed by atoms with Crippen LogP contribution < -0.4 is 5.32 Å². The zero-order valence-corrected chi connectivity index (χ0v) is 17.0. The number of carbonyl (C=O) groups is 2. The highest BCUT2D eigenvalue weighted by Crippen LogP contribution is 2.20. The van der Waals surface area contributed by atoms with E-state index in [1.807, 2.05) is 65.6 Å². The first-order valence-corrected chi connectivity index (χ1v) is 10.5. The monoisotopic (exact) mass is 398 g/mol. The third-order valence-electron chi connectivity index (χ3n) is 5.46. The van der Waals surface area contributed by atoms with E-state index in [1.54, 1.807) is 6.07 Å². The number of benzene rings is 3. The molecule has 3 aromatic carbocycles. The molecular weight excluding hydrogens is 372 g/mol. The van der Waals surface area contributed by atoms with Gasteiger partial charge in [-0.3, -0.25) is 9.59 Å². The van der Waals surface area contributed by atoms with Gasteiger partial charge in [-0.1, -0.05) is 60.7 Å². The predicted octanol–water partition coefficient (Wildman–Crippen LogP) is 5.16. The molecule has 2 amide bonds. The number of carbonyl (C=O) groups excluding carboxylic acids is 2. The third-order valence-corrected chi connectivity index (χ3v) is 5.46. The lowest BCUT2D eigenvalue weighted by Gasteiger charge is -2.26. The Morgan fingerprint density at radius 2 is 1.47 bits per heavy atom. The van der Waals surface area contributed by atoms with Crippen molar-refractivity contribution in [1.29, 1.82) is 0 Å². The van der Waals surface area contributed by atoms with Gasteiger partial charge in [0.05, 0.1) is 6.42 Å². The quantitative estimate of drug-likeness (QED) is 0.645. The van der Waals surface area contributed by atoms with Crippen LogP contribution in [0.15, 0.2) is 78.9 Å². The number of rotatable bonds is 5. The lowest BCUT2D eigenvalue weighted by Crippen LogP contribution is -2.35. The smallest absolute Gasteiger partial charge is 0.253 e. The summed E-state index contributed by atoms with van der Waals surface area (Å²) in [6.45, 7) is 1.63. The van der Waals surface area contributed by atoms with Gasteiger partial charge in [0, 0.05) is 24.3 Å². The first-order chi connectivity index (χ1) is 14.7. The summed E-state index contributed by atoms with van der Waals surface area (Å²) in [6, 6.07) is 25.4. The number of hydrogen-bond acceptors (Lipinski definition) is 2. The largest absolute Gasteiger partial charge is 0.339 e. The first-order valence-electron chi connectivity index (χ1n) is 10.5. The summed E-state index contributed by atoms with van der Waals surface area (Å²) >= 11 is 0. The second-order valence-electron chi connectivity index (χ2n) is 7.72. The van der Waals surface area contributed by atoms with Crippen LogP contribution in [0.5, 0.6) is 0 Å². The van der Waals surface area contributed by atoms with Crippen molar-refractivity contribution in [3.05, 3.63) is 90.0 Å². The summed E-state index contributed by atoms with van der Waals surface area (Å²) in [5, 5.41) is 2.93. The van der Waals surface area contributed by atoms with E-state index >= 15 is 0 Å². The minimum Gasteiger partial charge on any atom is -0.339 e. The van der Waals surface area contributed by atoms with Crippen LogP contribution in [0.2, 0.25) is 0 Å². The Kier molecular flexibility index (Phi) is 6.23. The average Bonchev–Trinajstić information content (AvgIpc) is 2.80. The second kappa shape index (κ2) is 9.40. The van der Waals surface area contributed by atoms with Crippen molar-refractivity contribution in [2.75, 3.05) is 18.4 Å². The summed E-state index contributed by atoms with van der Waals surface area (Å²) in [5.41, 5.74) is 4.52. The first kappa shape index (κ1) is 19.9. The summed E-state index contributed by atoms with van der Waals surface area (Å²) in [6.07, 6.45) is 3.60. The predicted molar refractivity (Wildman–Crippen MR) is 120 cm³/mol. The molecule has 4 heteroatoms. The number of piperidine rings is 1. The summed E-state index contributed by atoms with van der Waals surface area (Å²) in [7, 11) is 0. The summed E-state index contributed by atoms with van der Waals surface area (Å²) < 4.78 is 0. The molecule has 4 nitrogen and oxygen atoms in total. The van der Waals surface area contributed by atoms with E-state index in [-0.39, 0.29) is 11.8 Å². The molecule has 1 heterocycles. The van der Waals surface area contributed by atoms with Crippen molar-refractivity contribution in [1.82, 2.24) is 4.90 Å². The molecule has 1 aliphatic rings. The van der Waals surface area contributed by atoms with E-state index in [4.69, 9.17) is 0 Å². The molecule has 0 aromatic heterocycles. The normalized spacial score (nSPS) is 13.7. The van der Waals surface area contributed by atoms with Gasteiger partial charge in [0.15, 0.2) is 0 Å². The number of hydrogen-bond donors (Lipinski definition) is 1. The maximum absolute atomic E-state index is 12.7. The van der Waals surface area contributed by atoms with E-state index in [1.165, 1.54) is 6.42 Å². The molecule has 0 unspecified atom stereocenters. The summed E-state index contributed by atoms with van der Waals surface area (Å²) in [5.74, 6) is -0.0488. The van der Waals surface area contributed by atoms with Crippen LogP contribution in [0.1, 0.15) is 35.2 Å². The van der Waals surface area contributed by atoms with E-state index in [0.717, 1.165) is 42.6 Å². The van der Waals surface area contributed by atoms with Crippen LogP contribution in [0.4, 0.5) is 5.69 Å². The van der Waals surface area contributed by atoms with Crippen LogP contribution >= 0.6 is 0 Å². The lowest BCUT2D eigenvalue weighted by atomic mass is 10.0. The highest BCUT2D eigenvalue weighted by atomic mass is 16.2. The van der Waals surface area contributed by atoms with Crippen molar-refractivity contribution in [2.45, 2.75) is 25.7 Å². The van der Waals surface area contributed by atoms with E-state index in [0.29, 0.717) is 17.7 Å². The molecule has 0 radical (unpaired) electrons. The van der Waals surface area contributed by atoms with Gasteiger partial charge < -0.3 is 10.2 Å². The van der Waals surface area contributed by atoms with E-state index in [9.17, 15) is 9.59 Å². The Morgan fingerprint density at radius 1 is 0.767 bits per heavy atom. The topological polar surface area (TPSA) is 49.4 Å². The standard InChI is InChI=1S/C26H26N2O2/c29-25(18-20-12-14-22(15-13-20)21-8-3-1-4-9-21)27-24-11-7-10-23(19-24)26(30)28-16-5-2-6-17-28/h1,3-4,7-15,19H,2,5-6,16-18H2,(H,27,29). The van der Waals surface area contributed by atoms with Crippen molar-refractivity contribution in [3.8, 4) is 11.1 Å². The van der Waals surface area contributed by atoms with E-state index in [2.05, 4.69) is 17.4 Å². The molecule has 1 N–H and O–H groups in total. The highest BCUT2D eigenvalue weighted by Gasteiger charge is 2.18. The number of amides is 2. The van der Waals surface area contributed by atoms with Crippen molar-refractivity contribution < 1.29 is 9.59 Å². The fraction of sp³-hybridized carbons (Fsp3) is 0.231. The number of nitrogens with zero attached hydrogens (tertiary/aromatic N) is 1. The molecular formula is C26H26N2O2. The lowest BCUT2D eigenvalue weighted by molar-refractivity contribution is -0.115. The average molecular weight is 399 g/mol. The SMILES string of the molecule is O=C(Cc1ccc(-c2ccccc2)cc1)Nc1cccc(C(=O)N2CCCCC2)c1. The number of nitrogens with one attached hydrogen (secondary N) is 1. The Bertz CT molecular complexity index is 1010. The van der Waals surface area contributed by atoms with Crippen LogP contribution in [-0.4, -0.2) is 29.8 Å². The number of anilines is 1. The molecule has 0 aliphatic carbocycles. The van der Waals surface area contributed by atoms with Gasteiger partial charge in [0.1, 0.15) is 0 Å². The highest BCUT2D eigenvalue weighted by molar-refractivity contribution is 5.97. The second-order valence-corrected chi connectivity index (χ2v) is 7.72. The Morgan fingerprint density at radius 3 is 2.20 bits per heavy atom. The third kappa shape index (κ3) is 4.95. The Balaban J connectivity index is 1.37. The van der Waals surface area contributed by atoms with Gasteiger partial charge in [-0.15, -0.1) is 0 Å². The van der Waals surface area contributed by atoms with Crippen molar-refractivity contribution in [2.24, 2.45) is 0 Å². The Labute approximate surface area is 177 Å². The minimum atomic E-state index is -0.0926. The molecule has 1 fully saturated rings. The fourth-order valence-electron chi connectivity index (χ4n) is 3.85. The molecule has 30 heavy (non-hydrogen) atoms. The molecule has 1 aliphatic heterocycles. The molecule has 0 atom stereocenters. The maximum Gasteiger partial charge on any atom is 0.253 e. The zero-order valence-electron chi connectivity index (χ0n) is 17.0. The molecule has 152 valence electrons. The van der Waals surface area contributed by atoms with Gasteiger partial charge in [-0.05, 0) is 54.2 Å². The van der Waals surface area contributed by atoms with Crippen LogP contribution in [0.25, 0.3) is 11.1 Å². The molecule has 4 rings (SSSR count). The van der Waals surface area contributed by atoms with Gasteiger partial charge in [-0.25, -0.2) is 0 Å².